The first-order valence-corrected chi connectivity index (χ1v) is 7.78. The molecule has 26 heavy (non-hydrogen) atoms. The monoisotopic (exact) mass is 383 g/mol. The second-order valence-electron chi connectivity index (χ2n) is 5.54. The van der Waals surface area contributed by atoms with Crippen LogP contribution >= 0.6 is 11.6 Å². The second kappa shape index (κ2) is 6.49. The zero-order chi connectivity index (χ0) is 19.1. The Morgan fingerprint density at radius 1 is 1.27 bits per heavy atom. The Morgan fingerprint density at radius 3 is 2.58 bits per heavy atom. The molecular formula is C16H13ClF3N5O. The summed E-state index contributed by atoms with van der Waals surface area (Å²) in [6.07, 6.45) is -3.92. The van der Waals surface area contributed by atoms with Crippen molar-refractivity contribution in [1.29, 1.82) is 0 Å². The van der Waals surface area contributed by atoms with Crippen LogP contribution in [-0.4, -0.2) is 25.5 Å². The van der Waals surface area contributed by atoms with Crippen molar-refractivity contribution in [2.75, 3.05) is 5.32 Å². The lowest BCUT2D eigenvalue weighted by Crippen LogP contribution is -2.21. The van der Waals surface area contributed by atoms with Crippen LogP contribution in [0.5, 0.6) is 0 Å². The van der Waals surface area contributed by atoms with E-state index < -0.39 is 23.3 Å². The maximum absolute atomic E-state index is 13.6. The van der Waals surface area contributed by atoms with Crippen LogP contribution in [0.15, 0.2) is 36.5 Å². The summed E-state index contributed by atoms with van der Waals surface area (Å²) in [6.45, 7) is 1.70. The first kappa shape index (κ1) is 18.0. The zero-order valence-electron chi connectivity index (χ0n) is 13.7. The molecule has 0 aliphatic carbocycles. The fourth-order valence-corrected chi connectivity index (χ4v) is 2.69. The molecule has 2 aromatic heterocycles. The number of alkyl halides is 3. The van der Waals surface area contributed by atoms with Crippen LogP contribution in [0.3, 0.4) is 0 Å². The molecule has 1 N–H and O–H groups in total. The second-order valence-corrected chi connectivity index (χ2v) is 5.98. The molecule has 0 fully saturated rings. The van der Waals surface area contributed by atoms with E-state index in [1.165, 1.54) is 28.9 Å². The van der Waals surface area contributed by atoms with E-state index in [0.29, 0.717) is 10.4 Å². The predicted molar refractivity (Wildman–Crippen MR) is 89.5 cm³/mol. The van der Waals surface area contributed by atoms with Crippen LogP contribution in [-0.2, 0) is 13.2 Å². The molecular weight excluding hydrogens is 371 g/mol. The lowest BCUT2D eigenvalue weighted by Gasteiger charge is -2.13. The molecule has 0 unspecified atom stereocenters. The number of rotatable bonds is 3. The Bertz CT molecular complexity index is 977. The Morgan fingerprint density at radius 2 is 2.00 bits per heavy atom. The van der Waals surface area contributed by atoms with Gasteiger partial charge in [-0.2, -0.15) is 23.4 Å². The Kier molecular flexibility index (Phi) is 4.49. The van der Waals surface area contributed by atoms with Crippen molar-refractivity contribution in [2.45, 2.75) is 13.1 Å². The number of halogens is 4. The van der Waals surface area contributed by atoms with Gasteiger partial charge < -0.3 is 5.32 Å². The number of nitrogens with zero attached hydrogens (tertiary/aromatic N) is 4. The third-order valence-electron chi connectivity index (χ3n) is 3.58. The fraction of sp³-hybridized carbons (Fsp3) is 0.188. The van der Waals surface area contributed by atoms with Gasteiger partial charge in [-0.05, 0) is 25.1 Å². The molecule has 0 aliphatic rings. The first-order chi connectivity index (χ1) is 12.2. The van der Waals surface area contributed by atoms with E-state index in [1.807, 2.05) is 0 Å². The molecule has 1 aromatic carbocycles. The molecule has 0 saturated heterocycles. The van der Waals surface area contributed by atoms with Gasteiger partial charge >= 0.3 is 6.18 Å². The van der Waals surface area contributed by atoms with Crippen LogP contribution in [0, 0.1) is 6.92 Å². The van der Waals surface area contributed by atoms with Gasteiger partial charge in [0, 0.05) is 18.1 Å². The average molecular weight is 384 g/mol. The highest BCUT2D eigenvalue weighted by atomic mass is 35.5. The molecule has 6 nitrogen and oxygen atoms in total. The van der Waals surface area contributed by atoms with Crippen molar-refractivity contribution < 1.29 is 18.0 Å². The Hall–Kier alpha value is -2.81. The van der Waals surface area contributed by atoms with Gasteiger partial charge in [-0.15, -0.1) is 0 Å². The highest BCUT2D eigenvalue weighted by Gasteiger charge is 2.40. The van der Waals surface area contributed by atoms with Crippen LogP contribution in [0.2, 0.25) is 5.02 Å². The molecule has 0 radical (unpaired) electrons. The minimum atomic E-state index is -4.80. The Balaban J connectivity index is 2.05. The van der Waals surface area contributed by atoms with E-state index >= 15 is 0 Å². The highest BCUT2D eigenvalue weighted by Crippen LogP contribution is 2.34. The van der Waals surface area contributed by atoms with Crippen LogP contribution < -0.4 is 5.32 Å². The number of carbonyl (C=O) groups is 1. The van der Waals surface area contributed by atoms with Gasteiger partial charge in [-0.25, -0.2) is 4.68 Å². The van der Waals surface area contributed by atoms with E-state index in [-0.39, 0.29) is 16.5 Å². The molecule has 0 aliphatic heterocycles. The molecule has 3 aromatic rings. The van der Waals surface area contributed by atoms with Crippen molar-refractivity contribution in [3.63, 3.8) is 0 Å². The fourth-order valence-electron chi connectivity index (χ4n) is 2.50. The molecule has 0 saturated carbocycles. The summed E-state index contributed by atoms with van der Waals surface area (Å²) in [4.78, 5) is 12.4. The lowest BCUT2D eigenvalue weighted by atomic mass is 10.2. The summed E-state index contributed by atoms with van der Waals surface area (Å²) in [5, 5.41) is 10.4. The summed E-state index contributed by atoms with van der Waals surface area (Å²) in [5.41, 5.74) is -1.07. The van der Waals surface area contributed by atoms with Gasteiger partial charge in [0.2, 0.25) is 0 Å². The van der Waals surface area contributed by atoms with Crippen molar-refractivity contribution in [3.05, 3.63) is 58.5 Å². The molecule has 0 atom stereocenters. The number of benzene rings is 1. The van der Waals surface area contributed by atoms with Crippen LogP contribution in [0.25, 0.3) is 5.69 Å². The van der Waals surface area contributed by atoms with Crippen molar-refractivity contribution in [2.24, 2.45) is 7.05 Å². The molecule has 1 amide bonds. The number of aryl methyl sites for hydroxylation is 2. The molecule has 10 heteroatoms. The smallest absolute Gasteiger partial charge is 0.307 e. The van der Waals surface area contributed by atoms with E-state index in [0.717, 1.165) is 6.20 Å². The van der Waals surface area contributed by atoms with E-state index in [2.05, 4.69) is 15.5 Å². The SMILES string of the molecule is Cc1cc(NC(=O)c2cnn(-c3cccc(Cl)c3)c2C(F)(F)F)n(C)n1. The number of anilines is 1. The number of carbonyl (C=O) groups excluding carboxylic acids is 1. The van der Waals surface area contributed by atoms with Gasteiger partial charge in [0.05, 0.1) is 23.1 Å². The maximum atomic E-state index is 13.6. The van der Waals surface area contributed by atoms with Gasteiger partial charge in [0.1, 0.15) is 5.82 Å². The van der Waals surface area contributed by atoms with E-state index in [1.54, 1.807) is 20.0 Å². The normalized spacial score (nSPS) is 11.6. The molecule has 136 valence electrons. The summed E-state index contributed by atoms with van der Waals surface area (Å²) in [6, 6.07) is 7.32. The molecule has 0 spiro atoms. The number of aromatic nitrogens is 4. The average Bonchev–Trinajstić information content (AvgIpc) is 3.11. The third kappa shape index (κ3) is 3.43. The molecule has 2 heterocycles. The maximum Gasteiger partial charge on any atom is 0.434 e. The van der Waals surface area contributed by atoms with Crippen LogP contribution in [0.4, 0.5) is 19.0 Å². The number of hydrogen-bond donors (Lipinski definition) is 1. The highest BCUT2D eigenvalue weighted by molar-refractivity contribution is 6.30. The van der Waals surface area contributed by atoms with Crippen molar-refractivity contribution in [1.82, 2.24) is 19.6 Å². The van der Waals surface area contributed by atoms with Gasteiger partial charge in [0.15, 0.2) is 5.69 Å². The lowest BCUT2D eigenvalue weighted by molar-refractivity contribution is -0.143. The van der Waals surface area contributed by atoms with Crippen molar-refractivity contribution >= 4 is 23.3 Å². The van der Waals surface area contributed by atoms with Crippen molar-refractivity contribution in [3.8, 4) is 5.69 Å². The quantitative estimate of drug-likeness (QED) is 0.747. The van der Waals surface area contributed by atoms with E-state index in [9.17, 15) is 18.0 Å². The largest absolute Gasteiger partial charge is 0.434 e. The predicted octanol–water partition coefficient (Wildman–Crippen LogP) is 3.84. The van der Waals surface area contributed by atoms with Gasteiger partial charge in [0.25, 0.3) is 5.91 Å². The summed E-state index contributed by atoms with van der Waals surface area (Å²) in [5.74, 6) is -0.662. The number of amides is 1. The van der Waals surface area contributed by atoms with Gasteiger partial charge in [-0.3, -0.25) is 9.48 Å². The molecule has 0 bridgehead atoms. The Labute approximate surface area is 151 Å². The van der Waals surface area contributed by atoms with Gasteiger partial charge in [-0.1, -0.05) is 17.7 Å². The molecule has 3 rings (SSSR count). The summed E-state index contributed by atoms with van der Waals surface area (Å²) >= 11 is 5.85. The topological polar surface area (TPSA) is 64.7 Å². The van der Waals surface area contributed by atoms with E-state index in [4.69, 9.17) is 11.6 Å². The third-order valence-corrected chi connectivity index (χ3v) is 3.81. The summed E-state index contributed by atoms with van der Waals surface area (Å²) in [7, 11) is 1.57. The standard InChI is InChI=1S/C16H13ClF3N5O/c1-9-6-13(24(2)23-9)22-15(26)12-8-21-25(14(12)16(18,19)20)11-5-3-4-10(17)7-11/h3-8H,1-2H3,(H,22,26). The minimum absolute atomic E-state index is 0.0975. The van der Waals surface area contributed by atoms with Crippen LogP contribution in [0.1, 0.15) is 21.7 Å². The zero-order valence-corrected chi connectivity index (χ0v) is 14.4. The number of nitrogens with one attached hydrogen (secondary N) is 1. The first-order valence-electron chi connectivity index (χ1n) is 7.40. The minimum Gasteiger partial charge on any atom is -0.307 e. The number of hydrogen-bond acceptors (Lipinski definition) is 3. The summed E-state index contributed by atoms with van der Waals surface area (Å²) < 4.78 is 42.9.